The number of hydrogen-bond acceptors (Lipinski definition) is 5. The number of pyridine rings is 1. The van der Waals surface area contributed by atoms with Gasteiger partial charge in [-0.15, -0.1) is 0 Å². The average Bonchev–Trinajstić information content (AvgIpc) is 3.14. The van der Waals surface area contributed by atoms with Crippen LogP contribution in [0.25, 0.3) is 0 Å². The zero-order chi connectivity index (χ0) is 17.5. The van der Waals surface area contributed by atoms with E-state index in [4.69, 9.17) is 9.84 Å². The molecule has 0 aliphatic carbocycles. The van der Waals surface area contributed by atoms with Crippen LogP contribution in [0.2, 0.25) is 0 Å². The van der Waals surface area contributed by atoms with E-state index in [1.165, 1.54) is 0 Å². The highest BCUT2D eigenvalue weighted by molar-refractivity contribution is 6.04. The number of rotatable bonds is 2. The van der Waals surface area contributed by atoms with Crippen molar-refractivity contribution in [2.75, 3.05) is 0 Å². The number of phenols is 1. The van der Waals surface area contributed by atoms with Crippen LogP contribution in [0.5, 0.6) is 11.5 Å². The summed E-state index contributed by atoms with van der Waals surface area (Å²) in [6, 6.07) is 19.4. The first-order chi connectivity index (χ1) is 12.8. The van der Waals surface area contributed by atoms with Gasteiger partial charge in [0, 0.05) is 35.5 Å². The van der Waals surface area contributed by atoms with E-state index in [1.54, 1.807) is 12.3 Å². The van der Waals surface area contributed by atoms with Gasteiger partial charge in [0.2, 0.25) is 6.23 Å². The summed E-state index contributed by atoms with van der Waals surface area (Å²) in [5.41, 5.74) is 3.70. The van der Waals surface area contributed by atoms with Crippen molar-refractivity contribution < 1.29 is 9.84 Å². The number of phenolic OH excluding ortho intramolecular Hbond substituents is 1. The second-order valence-electron chi connectivity index (χ2n) is 6.46. The molecule has 128 valence electrons. The molecule has 0 saturated carbocycles. The molecule has 1 N–H and O–H groups in total. The summed E-state index contributed by atoms with van der Waals surface area (Å²) in [5, 5.41) is 17.1. The summed E-state index contributed by atoms with van der Waals surface area (Å²) in [7, 11) is 0. The Balaban J connectivity index is 1.62. The van der Waals surface area contributed by atoms with Crippen molar-refractivity contribution in [2.24, 2.45) is 5.10 Å². The van der Waals surface area contributed by atoms with Crippen molar-refractivity contribution in [3.63, 3.8) is 0 Å². The number of para-hydroxylation sites is 2. The molecule has 0 amide bonds. The quantitative estimate of drug-likeness (QED) is 0.763. The fraction of sp³-hybridized carbons (Fsp3) is 0.143. The van der Waals surface area contributed by atoms with Crippen LogP contribution in [0.3, 0.4) is 0 Å². The maximum absolute atomic E-state index is 10.2. The van der Waals surface area contributed by atoms with Gasteiger partial charge in [-0.3, -0.25) is 4.98 Å². The van der Waals surface area contributed by atoms with Gasteiger partial charge >= 0.3 is 0 Å². The minimum absolute atomic E-state index is 0.0692. The van der Waals surface area contributed by atoms with E-state index >= 15 is 0 Å². The molecule has 0 radical (unpaired) electrons. The fourth-order valence-corrected chi connectivity index (χ4v) is 3.66. The van der Waals surface area contributed by atoms with Crippen molar-refractivity contribution in [3.05, 3.63) is 89.7 Å². The molecule has 1 aromatic heterocycles. The van der Waals surface area contributed by atoms with Crippen molar-refractivity contribution in [1.82, 2.24) is 9.99 Å². The van der Waals surface area contributed by atoms with Crippen LogP contribution >= 0.6 is 0 Å². The van der Waals surface area contributed by atoms with Crippen LogP contribution in [0.4, 0.5) is 0 Å². The summed E-state index contributed by atoms with van der Waals surface area (Å²) < 4.78 is 6.26. The highest BCUT2D eigenvalue weighted by Crippen LogP contribution is 2.47. The molecule has 26 heavy (non-hydrogen) atoms. The van der Waals surface area contributed by atoms with E-state index in [1.807, 2.05) is 59.7 Å². The third kappa shape index (κ3) is 2.32. The molecule has 3 heterocycles. The number of hydrazone groups is 1. The molecule has 2 aliphatic heterocycles. The van der Waals surface area contributed by atoms with E-state index in [0.717, 1.165) is 28.2 Å². The zero-order valence-corrected chi connectivity index (χ0v) is 14.0. The maximum Gasteiger partial charge on any atom is 0.215 e. The molecule has 5 heteroatoms. The van der Waals surface area contributed by atoms with Crippen molar-refractivity contribution in [2.45, 2.75) is 18.7 Å². The first-order valence-electron chi connectivity index (χ1n) is 8.61. The lowest BCUT2D eigenvalue weighted by Crippen LogP contribution is -2.33. The Labute approximate surface area is 151 Å². The molecule has 3 aromatic rings. The molecule has 2 aliphatic rings. The molecular formula is C21H17N3O2. The molecule has 5 nitrogen and oxygen atoms in total. The van der Waals surface area contributed by atoms with Gasteiger partial charge in [-0.2, -0.15) is 5.10 Å². The molecule has 2 atom stereocenters. The Morgan fingerprint density at radius 3 is 2.69 bits per heavy atom. The number of fused-ring (bicyclic) bond motifs is 3. The summed E-state index contributed by atoms with van der Waals surface area (Å²) in [5.74, 6) is 1.12. The van der Waals surface area contributed by atoms with Gasteiger partial charge in [0.15, 0.2) is 0 Å². The first kappa shape index (κ1) is 15.0. The van der Waals surface area contributed by atoms with Gasteiger partial charge in [0.05, 0.1) is 11.8 Å². The smallest absolute Gasteiger partial charge is 0.215 e. The Kier molecular flexibility index (Phi) is 3.38. The molecule has 5 rings (SSSR count). The standard InChI is InChI=1S/C21H17N3O2/c25-19-9-3-1-7-15(19)17-12-18-16-8-2-4-10-20(16)26-21(24(18)23-17)14-6-5-11-22-13-14/h1-11,13,18,21,25H,12H2/t18-,21-/m1/s1. The number of ether oxygens (including phenoxy) is 1. The van der Waals surface area contributed by atoms with Crippen LogP contribution in [0, 0.1) is 0 Å². The van der Waals surface area contributed by atoms with Gasteiger partial charge < -0.3 is 9.84 Å². The SMILES string of the molecule is Oc1ccccc1C1=NN2[C@H](C1)c1ccccc1O[C@@H]2c1cccnc1. The Morgan fingerprint density at radius 2 is 1.85 bits per heavy atom. The largest absolute Gasteiger partial charge is 0.507 e. The highest BCUT2D eigenvalue weighted by Gasteiger charge is 2.41. The van der Waals surface area contributed by atoms with Gasteiger partial charge in [-0.1, -0.05) is 36.4 Å². The van der Waals surface area contributed by atoms with E-state index < -0.39 is 0 Å². The van der Waals surface area contributed by atoms with Crippen molar-refractivity contribution >= 4 is 5.71 Å². The van der Waals surface area contributed by atoms with E-state index in [0.29, 0.717) is 6.42 Å². The second-order valence-corrected chi connectivity index (χ2v) is 6.46. The highest BCUT2D eigenvalue weighted by atomic mass is 16.5. The predicted octanol–water partition coefficient (Wildman–Crippen LogP) is 4.03. The van der Waals surface area contributed by atoms with Gasteiger partial charge in [-0.25, -0.2) is 5.01 Å². The molecule has 0 fully saturated rings. The Hall–Kier alpha value is -3.34. The molecule has 0 bridgehead atoms. The third-order valence-electron chi connectivity index (χ3n) is 4.88. The van der Waals surface area contributed by atoms with Gasteiger partial charge in [-0.05, 0) is 24.3 Å². The molecular weight excluding hydrogens is 326 g/mol. The normalized spacial score (nSPS) is 20.8. The molecule has 0 unspecified atom stereocenters. The number of benzene rings is 2. The lowest BCUT2D eigenvalue weighted by molar-refractivity contribution is -0.0192. The Morgan fingerprint density at radius 1 is 1.00 bits per heavy atom. The zero-order valence-electron chi connectivity index (χ0n) is 14.0. The first-order valence-corrected chi connectivity index (χ1v) is 8.61. The lowest BCUT2D eigenvalue weighted by Gasteiger charge is -2.38. The van der Waals surface area contributed by atoms with Gasteiger partial charge in [0.1, 0.15) is 11.5 Å². The lowest BCUT2D eigenvalue weighted by atomic mass is 9.96. The summed E-state index contributed by atoms with van der Waals surface area (Å²) in [6.45, 7) is 0. The minimum Gasteiger partial charge on any atom is -0.507 e. The van der Waals surface area contributed by atoms with Crippen LogP contribution in [-0.2, 0) is 0 Å². The van der Waals surface area contributed by atoms with E-state index in [2.05, 4.69) is 11.1 Å². The van der Waals surface area contributed by atoms with Crippen LogP contribution in [0.1, 0.15) is 35.4 Å². The number of hydrogen-bond donors (Lipinski definition) is 1. The van der Waals surface area contributed by atoms with Crippen molar-refractivity contribution in [1.29, 1.82) is 0 Å². The monoisotopic (exact) mass is 343 g/mol. The van der Waals surface area contributed by atoms with E-state index in [-0.39, 0.29) is 18.0 Å². The van der Waals surface area contributed by atoms with Crippen LogP contribution in [0.15, 0.2) is 78.2 Å². The summed E-state index contributed by atoms with van der Waals surface area (Å²) in [4.78, 5) is 4.23. The topological polar surface area (TPSA) is 58.0 Å². The minimum atomic E-state index is -0.341. The Bertz CT molecular complexity index is 987. The number of nitrogens with zero attached hydrogens (tertiary/aromatic N) is 3. The van der Waals surface area contributed by atoms with Crippen LogP contribution < -0.4 is 4.74 Å². The molecule has 0 spiro atoms. The van der Waals surface area contributed by atoms with E-state index in [9.17, 15) is 5.11 Å². The fourth-order valence-electron chi connectivity index (χ4n) is 3.66. The molecule has 2 aromatic carbocycles. The number of aromatic hydroxyl groups is 1. The summed E-state index contributed by atoms with van der Waals surface area (Å²) in [6.07, 6.45) is 3.93. The van der Waals surface area contributed by atoms with Gasteiger partial charge in [0.25, 0.3) is 0 Å². The predicted molar refractivity (Wildman–Crippen MR) is 97.9 cm³/mol. The average molecular weight is 343 g/mol. The third-order valence-corrected chi connectivity index (χ3v) is 4.88. The summed E-state index contributed by atoms with van der Waals surface area (Å²) >= 11 is 0. The van der Waals surface area contributed by atoms with Crippen LogP contribution in [-0.4, -0.2) is 20.8 Å². The maximum atomic E-state index is 10.2. The van der Waals surface area contributed by atoms with Crippen molar-refractivity contribution in [3.8, 4) is 11.5 Å². The molecule has 0 saturated heterocycles. The second kappa shape index (κ2) is 5.88. The number of aromatic nitrogens is 1.